The van der Waals surface area contributed by atoms with Crippen LogP contribution in [0.2, 0.25) is 0 Å². The molecule has 1 N–H and O–H groups in total. The number of aliphatic carboxylic acids is 1. The minimum atomic E-state index is -0.651. The van der Waals surface area contributed by atoms with Crippen LogP contribution >= 0.6 is 0 Å². The van der Waals surface area contributed by atoms with E-state index in [1.807, 2.05) is 0 Å². The zero-order chi connectivity index (χ0) is 22.0. The number of carboxylic acid groups (broad SMARTS) is 1. The molecule has 0 atom stereocenters. The summed E-state index contributed by atoms with van der Waals surface area (Å²) in [5.74, 6) is -0.651. The summed E-state index contributed by atoms with van der Waals surface area (Å²) in [5.41, 5.74) is 0. The van der Waals surface area contributed by atoms with E-state index in [1.165, 1.54) is 135 Å². The van der Waals surface area contributed by atoms with Crippen LogP contribution in [0.4, 0.5) is 0 Å². The smallest absolute Gasteiger partial charge is 0.303 e. The van der Waals surface area contributed by atoms with Gasteiger partial charge in [0.25, 0.3) is 0 Å². The maximum Gasteiger partial charge on any atom is 0.303 e. The second-order valence-corrected chi connectivity index (χ2v) is 9.26. The summed E-state index contributed by atoms with van der Waals surface area (Å²) in [7, 11) is 0. The molecule has 0 aromatic heterocycles. The van der Waals surface area contributed by atoms with E-state index >= 15 is 0 Å². The lowest BCUT2D eigenvalue weighted by atomic mass is 10.0. The third-order valence-corrected chi connectivity index (χ3v) is 6.15. The fraction of sp³-hybridized carbons (Fsp3) is 0.893. The van der Waals surface area contributed by atoms with Gasteiger partial charge in [-0.2, -0.15) is 0 Å². The Morgan fingerprint density at radius 1 is 0.500 bits per heavy atom. The molecule has 0 saturated heterocycles. The van der Waals surface area contributed by atoms with Crippen molar-refractivity contribution in [1.29, 1.82) is 0 Å². The lowest BCUT2D eigenvalue weighted by Crippen LogP contribution is -1.93. The van der Waals surface area contributed by atoms with Crippen LogP contribution in [0.1, 0.15) is 161 Å². The van der Waals surface area contributed by atoms with Crippen molar-refractivity contribution in [3.63, 3.8) is 0 Å². The summed E-state index contributed by atoms with van der Waals surface area (Å²) < 4.78 is 0. The lowest BCUT2D eigenvalue weighted by molar-refractivity contribution is -0.137. The zero-order valence-corrected chi connectivity index (χ0v) is 20.5. The van der Waals surface area contributed by atoms with Gasteiger partial charge < -0.3 is 5.11 Å². The van der Waals surface area contributed by atoms with Gasteiger partial charge in [0.1, 0.15) is 0 Å². The Hall–Kier alpha value is -0.790. The Balaban J connectivity index is 3.05. The standard InChI is InChI=1S/C28H54O2/c1-2-3-4-5-6-7-8-9-10-11-12-13-14-15-16-17-18-19-20-21-22-23-24-25-26-27-28(29)30/h7-8H,2-6,9-27H2,1H3,(H,29,30)/b8-7-. The second-order valence-electron chi connectivity index (χ2n) is 9.26. The van der Waals surface area contributed by atoms with Crippen molar-refractivity contribution in [3.8, 4) is 0 Å². The lowest BCUT2D eigenvalue weighted by Gasteiger charge is -2.03. The van der Waals surface area contributed by atoms with Crippen LogP contribution in [0.3, 0.4) is 0 Å². The molecule has 30 heavy (non-hydrogen) atoms. The number of carboxylic acids is 1. The highest BCUT2D eigenvalue weighted by Crippen LogP contribution is 2.14. The third kappa shape index (κ3) is 27.2. The quantitative estimate of drug-likeness (QED) is 0.117. The van der Waals surface area contributed by atoms with Crippen LogP contribution in [0.25, 0.3) is 0 Å². The number of allylic oxidation sites excluding steroid dienone is 2. The topological polar surface area (TPSA) is 37.3 Å². The van der Waals surface area contributed by atoms with E-state index in [9.17, 15) is 4.79 Å². The van der Waals surface area contributed by atoms with E-state index in [0.29, 0.717) is 6.42 Å². The Kier molecular flexibility index (Phi) is 25.6. The minimum Gasteiger partial charge on any atom is -0.481 e. The molecular formula is C28H54O2. The molecular weight excluding hydrogens is 368 g/mol. The molecule has 0 aliphatic heterocycles. The van der Waals surface area contributed by atoms with Crippen LogP contribution in [-0.4, -0.2) is 11.1 Å². The van der Waals surface area contributed by atoms with Gasteiger partial charge in [0.15, 0.2) is 0 Å². The summed E-state index contributed by atoms with van der Waals surface area (Å²) in [6.07, 6.45) is 36.0. The van der Waals surface area contributed by atoms with Gasteiger partial charge in [0, 0.05) is 6.42 Å². The molecule has 0 rings (SSSR count). The van der Waals surface area contributed by atoms with Crippen molar-refractivity contribution in [1.82, 2.24) is 0 Å². The molecule has 0 fully saturated rings. The molecule has 0 aliphatic carbocycles. The summed E-state index contributed by atoms with van der Waals surface area (Å²) in [6.45, 7) is 2.28. The van der Waals surface area contributed by atoms with Crippen molar-refractivity contribution in [3.05, 3.63) is 12.2 Å². The minimum absolute atomic E-state index is 0.344. The molecule has 0 radical (unpaired) electrons. The predicted octanol–water partition coefficient (Wildman–Crippen LogP) is 10.0. The summed E-state index contributed by atoms with van der Waals surface area (Å²) in [5, 5.41) is 8.59. The molecule has 0 aromatic rings. The van der Waals surface area contributed by atoms with Gasteiger partial charge in [-0.25, -0.2) is 0 Å². The highest BCUT2D eigenvalue weighted by molar-refractivity contribution is 5.66. The number of hydrogen-bond acceptors (Lipinski definition) is 1. The summed E-state index contributed by atoms with van der Waals surface area (Å²) >= 11 is 0. The molecule has 0 saturated carbocycles. The summed E-state index contributed by atoms with van der Waals surface area (Å²) in [6, 6.07) is 0. The fourth-order valence-electron chi connectivity index (χ4n) is 4.11. The largest absolute Gasteiger partial charge is 0.481 e. The van der Waals surface area contributed by atoms with Gasteiger partial charge in [-0.3, -0.25) is 4.79 Å². The highest BCUT2D eigenvalue weighted by Gasteiger charge is 1.97. The normalized spacial score (nSPS) is 11.5. The molecule has 0 unspecified atom stereocenters. The Morgan fingerprint density at radius 2 is 0.800 bits per heavy atom. The highest BCUT2D eigenvalue weighted by atomic mass is 16.4. The first-order valence-electron chi connectivity index (χ1n) is 13.6. The Bertz CT molecular complexity index is 362. The van der Waals surface area contributed by atoms with Gasteiger partial charge in [-0.15, -0.1) is 0 Å². The Labute approximate surface area is 189 Å². The molecule has 178 valence electrons. The van der Waals surface area contributed by atoms with Crippen LogP contribution in [0.15, 0.2) is 12.2 Å². The maximum atomic E-state index is 10.4. The van der Waals surface area contributed by atoms with Crippen molar-refractivity contribution in [2.45, 2.75) is 161 Å². The van der Waals surface area contributed by atoms with Crippen molar-refractivity contribution in [2.75, 3.05) is 0 Å². The van der Waals surface area contributed by atoms with Crippen molar-refractivity contribution >= 4 is 5.97 Å². The second kappa shape index (κ2) is 26.2. The van der Waals surface area contributed by atoms with Gasteiger partial charge >= 0.3 is 5.97 Å². The first-order valence-corrected chi connectivity index (χ1v) is 13.6. The summed E-state index contributed by atoms with van der Waals surface area (Å²) in [4.78, 5) is 10.4. The van der Waals surface area contributed by atoms with Crippen molar-refractivity contribution < 1.29 is 9.90 Å². The molecule has 0 bridgehead atoms. The first-order chi connectivity index (χ1) is 14.8. The van der Waals surface area contributed by atoms with Gasteiger partial charge in [-0.05, 0) is 32.1 Å². The first kappa shape index (κ1) is 29.2. The van der Waals surface area contributed by atoms with Crippen LogP contribution in [0, 0.1) is 0 Å². The maximum absolute atomic E-state index is 10.4. The van der Waals surface area contributed by atoms with E-state index in [0.717, 1.165) is 12.8 Å². The molecule has 0 spiro atoms. The monoisotopic (exact) mass is 422 g/mol. The average Bonchev–Trinajstić information content (AvgIpc) is 2.73. The van der Waals surface area contributed by atoms with Crippen LogP contribution < -0.4 is 0 Å². The number of carbonyl (C=O) groups is 1. The predicted molar refractivity (Wildman–Crippen MR) is 133 cm³/mol. The van der Waals surface area contributed by atoms with E-state index in [2.05, 4.69) is 19.1 Å². The molecule has 0 amide bonds. The van der Waals surface area contributed by atoms with Crippen LogP contribution in [-0.2, 0) is 4.79 Å². The van der Waals surface area contributed by atoms with E-state index in [-0.39, 0.29) is 0 Å². The zero-order valence-electron chi connectivity index (χ0n) is 20.5. The number of unbranched alkanes of at least 4 members (excludes halogenated alkanes) is 21. The van der Waals surface area contributed by atoms with Gasteiger partial charge in [-0.1, -0.05) is 135 Å². The Morgan fingerprint density at radius 3 is 1.13 bits per heavy atom. The molecule has 2 nitrogen and oxygen atoms in total. The van der Waals surface area contributed by atoms with E-state index < -0.39 is 5.97 Å². The third-order valence-electron chi connectivity index (χ3n) is 6.15. The molecule has 0 heterocycles. The number of rotatable bonds is 25. The molecule has 2 heteroatoms. The SMILES string of the molecule is CCCCCC/C=C\CCCCCCCCCCCCCCCCCCCC(=O)O. The fourth-order valence-corrected chi connectivity index (χ4v) is 4.11. The molecule has 0 aliphatic rings. The van der Waals surface area contributed by atoms with Gasteiger partial charge in [0.05, 0.1) is 0 Å². The molecule has 0 aromatic carbocycles. The van der Waals surface area contributed by atoms with E-state index in [1.54, 1.807) is 0 Å². The van der Waals surface area contributed by atoms with Crippen LogP contribution in [0.5, 0.6) is 0 Å². The average molecular weight is 423 g/mol. The number of hydrogen-bond donors (Lipinski definition) is 1. The van der Waals surface area contributed by atoms with E-state index in [4.69, 9.17) is 5.11 Å². The van der Waals surface area contributed by atoms with Crippen molar-refractivity contribution in [2.24, 2.45) is 0 Å². The van der Waals surface area contributed by atoms with Gasteiger partial charge in [0.2, 0.25) is 0 Å².